The molecule has 6 heterocycles. The van der Waals surface area contributed by atoms with Crippen molar-refractivity contribution < 1.29 is 0 Å². The lowest BCUT2D eigenvalue weighted by molar-refractivity contribution is 0.590. The minimum absolute atomic E-state index is 0.0967. The van der Waals surface area contributed by atoms with Gasteiger partial charge in [0.15, 0.2) is 0 Å². The summed E-state index contributed by atoms with van der Waals surface area (Å²) in [6.07, 6.45) is 0. The second-order valence-electron chi connectivity index (χ2n) is 35.7. The Bertz CT molecular complexity index is 7100. The van der Waals surface area contributed by atoms with E-state index in [1.807, 2.05) is 0 Å². The Balaban J connectivity index is 0.987. The van der Waals surface area contributed by atoms with Gasteiger partial charge >= 0.3 is 0 Å². The SMILES string of the molecule is CC(C)(C)c1ccc2c(c1)c1cc(C(C)(C)C)ccc1n2-c1cc2c3c(c1)N(c1ccccc1-c1ccccc1)c1cc4c(cc1B3c1ccc(-n3c5cc(C(C)(C)C)ccc5c5ccc(C(C)(C)C)cc53)cc1N2c1ccccc1-c1ccccc1)c1ccccc1c1ccccc1c1cccc2c3ccccc3n4c12. The summed E-state index contributed by atoms with van der Waals surface area (Å²) < 4.78 is 7.84. The maximum absolute atomic E-state index is 2.69. The van der Waals surface area contributed by atoms with Crippen molar-refractivity contribution in [2.45, 2.75) is 105 Å². The van der Waals surface area contributed by atoms with E-state index in [9.17, 15) is 0 Å². The first-order chi connectivity index (χ1) is 54.1. The summed E-state index contributed by atoms with van der Waals surface area (Å²) >= 11 is 0. The summed E-state index contributed by atoms with van der Waals surface area (Å²) in [6, 6.07) is 122. The summed E-state index contributed by atoms with van der Waals surface area (Å²) in [5, 5.41) is 14.6. The Labute approximate surface area is 655 Å². The average Bonchev–Trinajstić information content (AvgIpc) is 0.695. The number of nitrogens with zero attached hydrogens (tertiary/aromatic N) is 5. The molecule has 4 aromatic heterocycles. The Morgan fingerprint density at radius 1 is 0.223 bits per heavy atom. The van der Waals surface area contributed by atoms with Gasteiger partial charge in [0.2, 0.25) is 0 Å². The van der Waals surface area contributed by atoms with E-state index in [0.717, 1.165) is 89.8 Å². The first-order valence-electron chi connectivity index (χ1n) is 39.9. The number of benzene rings is 15. The normalized spacial score (nSPS) is 13.3. The lowest BCUT2D eigenvalue weighted by Crippen LogP contribution is -2.61. The largest absolute Gasteiger partial charge is 0.311 e. The van der Waals surface area contributed by atoms with Crippen LogP contribution in [0.3, 0.4) is 0 Å². The molecule has 6 heteroatoms. The fourth-order valence-corrected chi connectivity index (χ4v) is 19.1. The predicted octanol–water partition coefficient (Wildman–Crippen LogP) is 27.1. The minimum Gasteiger partial charge on any atom is -0.311 e. The van der Waals surface area contributed by atoms with Crippen molar-refractivity contribution in [1.29, 1.82) is 0 Å². The van der Waals surface area contributed by atoms with Crippen LogP contribution in [0.25, 0.3) is 137 Å². The van der Waals surface area contributed by atoms with Crippen LogP contribution in [0.2, 0.25) is 0 Å². The lowest BCUT2D eigenvalue weighted by Gasteiger charge is -2.45. The van der Waals surface area contributed by atoms with Crippen LogP contribution in [-0.4, -0.2) is 20.2 Å². The fraction of sp³-hybridized carbons (Fsp3) is 0.151. The molecule has 0 saturated heterocycles. The van der Waals surface area contributed by atoms with Crippen molar-refractivity contribution in [3.8, 4) is 33.6 Å². The molecule has 2 aliphatic heterocycles. The van der Waals surface area contributed by atoms with Crippen LogP contribution in [0.15, 0.2) is 315 Å². The average molecular weight is 1440 g/mol. The number of para-hydroxylation sites is 4. The van der Waals surface area contributed by atoms with Crippen LogP contribution in [0.1, 0.15) is 105 Å². The van der Waals surface area contributed by atoms with Crippen LogP contribution in [0.4, 0.5) is 34.1 Å². The number of aromatic nitrogens is 3. The molecule has 0 amide bonds. The highest BCUT2D eigenvalue weighted by Crippen LogP contribution is 2.53. The van der Waals surface area contributed by atoms with Crippen LogP contribution in [0, 0.1) is 0 Å². The van der Waals surface area contributed by atoms with E-state index in [1.54, 1.807) is 0 Å². The molecular formula is C106H88BN5. The third-order valence-electron chi connectivity index (χ3n) is 24.8. The quantitative estimate of drug-likeness (QED) is 0.155. The van der Waals surface area contributed by atoms with Gasteiger partial charge in [-0.2, -0.15) is 0 Å². The van der Waals surface area contributed by atoms with Gasteiger partial charge in [0.05, 0.1) is 55.7 Å². The monoisotopic (exact) mass is 1440 g/mol. The van der Waals surface area contributed by atoms with Crippen LogP contribution in [0.5, 0.6) is 0 Å². The number of anilines is 6. The Morgan fingerprint density at radius 3 is 1.12 bits per heavy atom. The molecule has 0 N–H and O–H groups in total. The van der Waals surface area contributed by atoms with E-state index in [2.05, 4.69) is 422 Å². The summed E-state index contributed by atoms with van der Waals surface area (Å²) in [7, 11) is 0. The van der Waals surface area contributed by atoms with Gasteiger partial charge in [-0.3, -0.25) is 0 Å². The molecule has 15 aromatic carbocycles. The highest BCUT2D eigenvalue weighted by molar-refractivity contribution is 7.00. The molecule has 2 aliphatic rings. The zero-order chi connectivity index (χ0) is 76.2. The van der Waals surface area contributed by atoms with Gasteiger partial charge in [0.1, 0.15) is 0 Å². The van der Waals surface area contributed by atoms with E-state index in [-0.39, 0.29) is 28.4 Å². The van der Waals surface area contributed by atoms with Gasteiger partial charge in [0, 0.05) is 82.7 Å². The van der Waals surface area contributed by atoms with E-state index in [4.69, 9.17) is 0 Å². The number of rotatable bonds is 6. The molecule has 19 aromatic rings. The third-order valence-corrected chi connectivity index (χ3v) is 24.8. The van der Waals surface area contributed by atoms with Gasteiger partial charge in [0.25, 0.3) is 6.71 Å². The molecule has 0 radical (unpaired) electrons. The maximum Gasteiger partial charge on any atom is 0.252 e. The summed E-state index contributed by atoms with van der Waals surface area (Å²) in [4.78, 5) is 5.38. The predicted molar refractivity (Wildman–Crippen MR) is 482 cm³/mol. The lowest BCUT2D eigenvalue weighted by atomic mass is 9.33. The minimum atomic E-state index is -0.315. The van der Waals surface area contributed by atoms with Crippen molar-refractivity contribution in [1.82, 2.24) is 13.5 Å². The zero-order valence-corrected chi connectivity index (χ0v) is 65.8. The molecule has 112 heavy (non-hydrogen) atoms. The topological polar surface area (TPSA) is 20.8 Å². The number of fused-ring (bicyclic) bond motifs is 20. The smallest absolute Gasteiger partial charge is 0.252 e. The summed E-state index contributed by atoms with van der Waals surface area (Å²) in [6.45, 7) is 27.8. The van der Waals surface area contributed by atoms with Gasteiger partial charge in [-0.1, -0.05) is 314 Å². The maximum atomic E-state index is 2.69. The molecule has 0 bridgehead atoms. The van der Waals surface area contributed by atoms with E-state index in [0.29, 0.717) is 0 Å². The molecule has 540 valence electrons. The molecule has 5 nitrogen and oxygen atoms in total. The van der Waals surface area contributed by atoms with E-state index < -0.39 is 0 Å². The molecule has 0 saturated carbocycles. The molecule has 21 rings (SSSR count). The van der Waals surface area contributed by atoms with E-state index >= 15 is 0 Å². The van der Waals surface area contributed by atoms with Gasteiger partial charge in [-0.25, -0.2) is 0 Å². The standard InChI is InChI=1S/C106H88BN5/c1-103(2,3)67-48-54-92-84(56-67)85-57-68(104(4,5)6)49-55-93(85)109(92)72-61-99-101-100(62-72)111(90-44-27-24-35-74(90)66-32-17-14-18-33-66)98-64-96-86(78-39-22-20-37-76(78)75-36-19-21-38-77(75)82-41-29-42-83-79-40-25-28-45-91(79)112(96)102(82)83)63-88(98)107(101)87-53-50-71(60-97(87)110(99)89-43-26-23-34-73(89)65-30-15-13-16-31-65)108-94-58-69(105(7,8)9)46-51-80(94)81-52-47-70(59-95(81)108)106(10,11)12/h13-64H,1-12H3. The van der Waals surface area contributed by atoms with Gasteiger partial charge in [-0.05, 0) is 178 Å². The van der Waals surface area contributed by atoms with Gasteiger partial charge in [-0.15, -0.1) is 0 Å². The van der Waals surface area contributed by atoms with Crippen molar-refractivity contribution in [2.24, 2.45) is 0 Å². The second-order valence-corrected chi connectivity index (χ2v) is 35.7. The van der Waals surface area contributed by atoms with Crippen LogP contribution in [-0.2, 0) is 21.7 Å². The molecule has 0 aliphatic carbocycles. The highest BCUT2D eigenvalue weighted by Gasteiger charge is 2.46. The second kappa shape index (κ2) is 24.4. The Morgan fingerprint density at radius 2 is 0.607 bits per heavy atom. The summed E-state index contributed by atoms with van der Waals surface area (Å²) in [5.74, 6) is 0. The third kappa shape index (κ3) is 10.2. The number of hydrogen-bond acceptors (Lipinski definition) is 2. The summed E-state index contributed by atoms with van der Waals surface area (Å²) in [5.41, 5.74) is 30.0. The van der Waals surface area contributed by atoms with Crippen molar-refractivity contribution in [3.05, 3.63) is 338 Å². The van der Waals surface area contributed by atoms with Crippen molar-refractivity contribution in [3.63, 3.8) is 0 Å². The van der Waals surface area contributed by atoms with Gasteiger partial charge < -0.3 is 23.3 Å². The zero-order valence-electron chi connectivity index (χ0n) is 65.8. The van der Waals surface area contributed by atoms with Crippen LogP contribution >= 0.6 is 0 Å². The van der Waals surface area contributed by atoms with Crippen molar-refractivity contribution in [2.75, 3.05) is 9.80 Å². The molecule has 0 fully saturated rings. The number of hydrogen-bond donors (Lipinski definition) is 0. The Kier molecular flexibility index (Phi) is 14.7. The van der Waals surface area contributed by atoms with Crippen LogP contribution < -0.4 is 26.2 Å². The first-order valence-corrected chi connectivity index (χ1v) is 39.9. The molecule has 0 unspecified atom stereocenters. The fourth-order valence-electron chi connectivity index (χ4n) is 19.1. The van der Waals surface area contributed by atoms with Crippen molar-refractivity contribution >= 4 is 160 Å². The molecular weight excluding hydrogens is 1350 g/mol. The molecule has 0 spiro atoms. The van der Waals surface area contributed by atoms with E-state index in [1.165, 1.54) is 120 Å². The first kappa shape index (κ1) is 67.5. The highest BCUT2D eigenvalue weighted by atomic mass is 15.2. The Hall–Kier alpha value is -12.6. The molecule has 0 atom stereocenters.